The van der Waals surface area contributed by atoms with E-state index in [9.17, 15) is 4.79 Å². The van der Waals surface area contributed by atoms with Gasteiger partial charge in [-0.25, -0.2) is 9.97 Å². The largest absolute Gasteiger partial charge is 0.439 e. The number of benzene rings is 1. The number of pyridine rings is 2. The molecule has 0 atom stereocenters. The number of nitrogens with zero attached hydrogens (tertiary/aromatic N) is 4. The van der Waals surface area contributed by atoms with Crippen molar-refractivity contribution in [1.82, 2.24) is 30.5 Å². The van der Waals surface area contributed by atoms with E-state index in [1.54, 1.807) is 24.5 Å². The van der Waals surface area contributed by atoms with Crippen LogP contribution in [0.1, 0.15) is 41.5 Å². The number of ether oxygens (including phenoxy) is 1. The Hall–Kier alpha value is -4.07. The molecule has 0 spiro atoms. The van der Waals surface area contributed by atoms with Gasteiger partial charge in [0.1, 0.15) is 11.6 Å². The summed E-state index contributed by atoms with van der Waals surface area (Å²) >= 11 is 0. The van der Waals surface area contributed by atoms with Gasteiger partial charge in [-0.1, -0.05) is 26.0 Å². The number of amides is 1. The molecule has 31 heavy (non-hydrogen) atoms. The van der Waals surface area contributed by atoms with Crippen molar-refractivity contribution >= 4 is 5.91 Å². The van der Waals surface area contributed by atoms with Gasteiger partial charge in [-0.05, 0) is 41.8 Å². The van der Waals surface area contributed by atoms with Crippen LogP contribution in [0.25, 0.3) is 11.4 Å². The molecule has 0 aliphatic rings. The second-order valence-electron chi connectivity index (χ2n) is 7.24. The Morgan fingerprint density at radius 1 is 1.10 bits per heavy atom. The fourth-order valence-electron chi connectivity index (χ4n) is 2.88. The highest BCUT2D eigenvalue weighted by atomic mass is 16.5. The highest BCUT2D eigenvalue weighted by Gasteiger charge is 2.10. The highest BCUT2D eigenvalue weighted by Crippen LogP contribution is 2.22. The lowest BCUT2D eigenvalue weighted by molar-refractivity contribution is 0.0949. The van der Waals surface area contributed by atoms with Gasteiger partial charge in [0.2, 0.25) is 5.88 Å². The second-order valence-corrected chi connectivity index (χ2v) is 7.24. The predicted molar refractivity (Wildman–Crippen MR) is 116 cm³/mol. The van der Waals surface area contributed by atoms with Crippen LogP contribution in [0.5, 0.6) is 11.6 Å². The zero-order chi connectivity index (χ0) is 21.6. The van der Waals surface area contributed by atoms with Crippen LogP contribution in [0, 0.1) is 0 Å². The minimum absolute atomic E-state index is 0.215. The Kier molecular flexibility index (Phi) is 5.98. The first-order chi connectivity index (χ1) is 15.1. The van der Waals surface area contributed by atoms with Gasteiger partial charge >= 0.3 is 0 Å². The van der Waals surface area contributed by atoms with E-state index >= 15 is 0 Å². The number of aromatic amines is 1. The van der Waals surface area contributed by atoms with E-state index in [0.717, 1.165) is 5.56 Å². The number of hydrogen-bond donors (Lipinski definition) is 2. The molecule has 0 unspecified atom stereocenters. The molecule has 1 aromatic carbocycles. The lowest BCUT2D eigenvalue weighted by Gasteiger charge is -2.08. The van der Waals surface area contributed by atoms with Crippen LogP contribution in [0.15, 0.2) is 67.1 Å². The summed E-state index contributed by atoms with van der Waals surface area (Å²) in [5.41, 5.74) is 2.47. The molecule has 2 N–H and O–H groups in total. The average molecular weight is 414 g/mol. The lowest BCUT2D eigenvalue weighted by atomic mass is 10.0. The van der Waals surface area contributed by atoms with Gasteiger partial charge in [0, 0.05) is 30.2 Å². The molecule has 0 saturated carbocycles. The summed E-state index contributed by atoms with van der Waals surface area (Å²) in [6, 6.07) is 14.9. The molecular weight excluding hydrogens is 392 g/mol. The summed E-state index contributed by atoms with van der Waals surface area (Å²) in [7, 11) is 0. The van der Waals surface area contributed by atoms with Gasteiger partial charge in [0.25, 0.3) is 5.91 Å². The fraction of sp³-hybridized carbons (Fsp3) is 0.174. The Labute approximate surface area is 179 Å². The van der Waals surface area contributed by atoms with Crippen molar-refractivity contribution in [2.75, 3.05) is 0 Å². The zero-order valence-electron chi connectivity index (χ0n) is 17.2. The first-order valence-electron chi connectivity index (χ1n) is 9.92. The number of carbonyl (C=O) groups is 1. The Morgan fingerprint density at radius 3 is 2.61 bits per heavy atom. The minimum Gasteiger partial charge on any atom is -0.439 e. The van der Waals surface area contributed by atoms with Gasteiger partial charge in [-0.2, -0.15) is 5.10 Å². The smallest absolute Gasteiger partial charge is 0.253 e. The van der Waals surface area contributed by atoms with Crippen molar-refractivity contribution in [3.05, 3.63) is 84.1 Å². The molecule has 0 aliphatic heterocycles. The maximum atomic E-state index is 12.4. The first-order valence-corrected chi connectivity index (χ1v) is 9.92. The standard InChI is InChI=1S/C23H22N6O2/c1-15(2)16-5-8-19(9-6-16)31-21-10-7-18(13-25-21)23(30)26-14-20-27-22(29-28-20)17-4-3-11-24-12-17/h3-13,15H,14H2,1-2H3,(H,26,30)(H,27,28,29). The number of carbonyl (C=O) groups excluding carboxylic acids is 1. The molecule has 3 heterocycles. The van der Waals surface area contributed by atoms with E-state index in [1.807, 2.05) is 36.4 Å². The number of H-pyrrole nitrogens is 1. The highest BCUT2D eigenvalue weighted by molar-refractivity contribution is 5.93. The van der Waals surface area contributed by atoms with Crippen molar-refractivity contribution in [3.63, 3.8) is 0 Å². The average Bonchev–Trinajstić information content (AvgIpc) is 3.28. The van der Waals surface area contributed by atoms with E-state index in [0.29, 0.717) is 34.8 Å². The molecule has 4 aromatic rings. The summed E-state index contributed by atoms with van der Waals surface area (Å²) in [6.07, 6.45) is 4.85. The van der Waals surface area contributed by atoms with Gasteiger partial charge in [0.15, 0.2) is 5.82 Å². The predicted octanol–water partition coefficient (Wildman–Crippen LogP) is 4.11. The van der Waals surface area contributed by atoms with Gasteiger partial charge in [-0.3, -0.25) is 14.9 Å². The molecule has 0 fully saturated rings. The fourth-order valence-corrected chi connectivity index (χ4v) is 2.88. The molecule has 8 heteroatoms. The summed E-state index contributed by atoms with van der Waals surface area (Å²) in [5, 5.41) is 9.76. The molecular formula is C23H22N6O2. The Bertz CT molecular complexity index is 1140. The number of aromatic nitrogens is 5. The summed E-state index contributed by atoms with van der Waals surface area (Å²) in [4.78, 5) is 25.0. The molecule has 8 nitrogen and oxygen atoms in total. The van der Waals surface area contributed by atoms with E-state index in [2.05, 4.69) is 44.3 Å². The van der Waals surface area contributed by atoms with Crippen molar-refractivity contribution in [3.8, 4) is 23.0 Å². The van der Waals surface area contributed by atoms with Crippen LogP contribution in [0.4, 0.5) is 0 Å². The second kappa shape index (κ2) is 9.17. The van der Waals surface area contributed by atoms with Crippen LogP contribution >= 0.6 is 0 Å². The van der Waals surface area contributed by atoms with Crippen LogP contribution in [0.2, 0.25) is 0 Å². The maximum Gasteiger partial charge on any atom is 0.253 e. The van der Waals surface area contributed by atoms with Crippen LogP contribution < -0.4 is 10.1 Å². The quantitative estimate of drug-likeness (QED) is 0.471. The van der Waals surface area contributed by atoms with Crippen molar-refractivity contribution in [2.45, 2.75) is 26.3 Å². The summed E-state index contributed by atoms with van der Waals surface area (Å²) in [6.45, 7) is 4.50. The van der Waals surface area contributed by atoms with E-state index in [4.69, 9.17) is 4.74 Å². The van der Waals surface area contributed by atoms with E-state index in [-0.39, 0.29) is 12.5 Å². The Balaban J connectivity index is 1.33. The first kappa shape index (κ1) is 20.2. The van der Waals surface area contributed by atoms with E-state index < -0.39 is 0 Å². The third-order valence-corrected chi connectivity index (χ3v) is 4.64. The number of rotatable bonds is 7. The third-order valence-electron chi connectivity index (χ3n) is 4.64. The summed E-state index contributed by atoms with van der Waals surface area (Å²) < 4.78 is 5.75. The molecule has 0 aliphatic carbocycles. The number of nitrogens with one attached hydrogen (secondary N) is 2. The van der Waals surface area contributed by atoms with E-state index in [1.165, 1.54) is 11.8 Å². The lowest BCUT2D eigenvalue weighted by Crippen LogP contribution is -2.23. The molecule has 3 aromatic heterocycles. The van der Waals surface area contributed by atoms with Crippen LogP contribution in [-0.2, 0) is 6.54 Å². The number of hydrogen-bond acceptors (Lipinski definition) is 6. The van der Waals surface area contributed by atoms with Crippen molar-refractivity contribution in [2.24, 2.45) is 0 Å². The third kappa shape index (κ3) is 5.11. The van der Waals surface area contributed by atoms with Crippen molar-refractivity contribution in [1.29, 1.82) is 0 Å². The molecule has 0 radical (unpaired) electrons. The van der Waals surface area contributed by atoms with Gasteiger partial charge < -0.3 is 10.1 Å². The topological polar surface area (TPSA) is 106 Å². The Morgan fingerprint density at radius 2 is 1.94 bits per heavy atom. The molecule has 4 rings (SSSR count). The van der Waals surface area contributed by atoms with Gasteiger partial charge in [0.05, 0.1) is 12.1 Å². The van der Waals surface area contributed by atoms with Crippen LogP contribution in [0.3, 0.4) is 0 Å². The molecule has 0 saturated heterocycles. The molecule has 156 valence electrons. The van der Waals surface area contributed by atoms with Gasteiger partial charge in [-0.15, -0.1) is 0 Å². The minimum atomic E-state index is -0.264. The molecule has 0 bridgehead atoms. The zero-order valence-corrected chi connectivity index (χ0v) is 17.2. The normalized spacial score (nSPS) is 10.8. The maximum absolute atomic E-state index is 12.4. The molecule has 1 amide bonds. The van der Waals surface area contributed by atoms with Crippen LogP contribution in [-0.4, -0.2) is 31.1 Å². The monoisotopic (exact) mass is 414 g/mol. The van der Waals surface area contributed by atoms with Crippen molar-refractivity contribution < 1.29 is 9.53 Å². The SMILES string of the molecule is CC(C)c1ccc(Oc2ccc(C(=O)NCc3nc(-c4cccnc4)n[nH]3)cn2)cc1. The summed E-state index contributed by atoms with van der Waals surface area (Å²) in [5.74, 6) is 2.39.